The fourth-order valence-electron chi connectivity index (χ4n) is 5.30. The van der Waals surface area contributed by atoms with Crippen molar-refractivity contribution < 1.29 is 19.5 Å². The van der Waals surface area contributed by atoms with E-state index in [2.05, 4.69) is 10.6 Å². The van der Waals surface area contributed by atoms with Gasteiger partial charge in [0.25, 0.3) is 0 Å². The molecule has 7 nitrogen and oxygen atoms in total. The molecule has 1 aromatic carbocycles. The Morgan fingerprint density at radius 3 is 2.52 bits per heavy atom. The van der Waals surface area contributed by atoms with Crippen molar-refractivity contribution in [3.05, 3.63) is 41.5 Å². The van der Waals surface area contributed by atoms with Crippen LogP contribution < -0.4 is 10.6 Å². The SMILES string of the molecule is CC[C@@H]1C=C[C@H]2[C@@H](C(=O)N(CCCCCO)[C@@H]2C(=O)Nc2cc(C)ccc2C)[C@@H]1C(=O)NC. The van der Waals surface area contributed by atoms with Gasteiger partial charge in [-0.3, -0.25) is 14.4 Å². The van der Waals surface area contributed by atoms with Crippen molar-refractivity contribution in [2.24, 2.45) is 23.7 Å². The van der Waals surface area contributed by atoms with Gasteiger partial charge >= 0.3 is 0 Å². The molecule has 1 fully saturated rings. The van der Waals surface area contributed by atoms with Crippen molar-refractivity contribution in [1.29, 1.82) is 0 Å². The molecule has 3 rings (SSSR count). The lowest BCUT2D eigenvalue weighted by atomic mass is 9.69. The molecule has 0 spiro atoms. The highest BCUT2D eigenvalue weighted by Crippen LogP contribution is 2.45. The van der Waals surface area contributed by atoms with Crippen molar-refractivity contribution in [1.82, 2.24) is 10.2 Å². The first-order valence-electron chi connectivity index (χ1n) is 12.0. The van der Waals surface area contributed by atoms with E-state index in [0.717, 1.165) is 29.7 Å². The van der Waals surface area contributed by atoms with Gasteiger partial charge in [-0.15, -0.1) is 0 Å². The number of unbranched alkanes of at least 4 members (excludes halogenated alkanes) is 2. The fraction of sp³-hybridized carbons (Fsp3) is 0.577. The van der Waals surface area contributed by atoms with Crippen LogP contribution in [0.5, 0.6) is 0 Å². The molecular formula is C26H37N3O4. The van der Waals surface area contributed by atoms with Gasteiger partial charge in [-0.1, -0.05) is 31.2 Å². The van der Waals surface area contributed by atoms with Gasteiger partial charge in [0.05, 0.1) is 11.8 Å². The van der Waals surface area contributed by atoms with E-state index in [1.807, 2.05) is 51.1 Å². The highest BCUT2D eigenvalue weighted by Gasteiger charge is 2.56. The topological polar surface area (TPSA) is 98.7 Å². The Morgan fingerprint density at radius 2 is 1.85 bits per heavy atom. The number of nitrogens with one attached hydrogen (secondary N) is 2. The van der Waals surface area contributed by atoms with Crippen molar-refractivity contribution in [3.63, 3.8) is 0 Å². The average molecular weight is 456 g/mol. The standard InChI is InChI=1S/C26H37N3O4/c1-5-18-11-12-19-22(21(18)24(31)27-4)26(33)29(13-7-6-8-14-30)23(19)25(32)28-20-15-16(2)9-10-17(20)3/h9-12,15,18-19,21-23,30H,5-8,13-14H2,1-4H3,(H,27,31)(H,28,32)/t18-,19+,21-,22-,23+/m1/s1. The lowest BCUT2D eigenvalue weighted by molar-refractivity contribution is -0.140. The summed E-state index contributed by atoms with van der Waals surface area (Å²) < 4.78 is 0. The predicted octanol–water partition coefficient (Wildman–Crippen LogP) is 2.81. The van der Waals surface area contributed by atoms with E-state index in [-0.39, 0.29) is 36.2 Å². The number of amides is 3. The zero-order valence-corrected chi connectivity index (χ0v) is 20.1. The summed E-state index contributed by atoms with van der Waals surface area (Å²) in [7, 11) is 1.60. The minimum atomic E-state index is -0.669. The molecule has 1 saturated heterocycles. The van der Waals surface area contributed by atoms with Crippen LogP contribution in [0.25, 0.3) is 0 Å². The van der Waals surface area contributed by atoms with Crippen LogP contribution >= 0.6 is 0 Å². The molecule has 1 aliphatic heterocycles. The van der Waals surface area contributed by atoms with Gasteiger partial charge in [-0.25, -0.2) is 0 Å². The Morgan fingerprint density at radius 1 is 1.09 bits per heavy atom. The Balaban J connectivity index is 1.95. The van der Waals surface area contributed by atoms with Crippen molar-refractivity contribution in [2.75, 3.05) is 25.5 Å². The van der Waals surface area contributed by atoms with E-state index in [4.69, 9.17) is 5.11 Å². The van der Waals surface area contributed by atoms with Crippen LogP contribution in [0, 0.1) is 37.5 Å². The van der Waals surface area contributed by atoms with E-state index in [9.17, 15) is 14.4 Å². The van der Waals surface area contributed by atoms with Gasteiger partial charge in [0, 0.05) is 31.8 Å². The van der Waals surface area contributed by atoms with E-state index < -0.39 is 17.9 Å². The third kappa shape index (κ3) is 5.13. The number of hydrogen-bond acceptors (Lipinski definition) is 4. The number of aliphatic hydroxyl groups is 1. The van der Waals surface area contributed by atoms with Crippen LogP contribution in [0.3, 0.4) is 0 Å². The molecule has 0 aromatic heterocycles. The van der Waals surface area contributed by atoms with E-state index in [0.29, 0.717) is 19.4 Å². The molecule has 1 heterocycles. The Hall–Kier alpha value is -2.67. The number of anilines is 1. The molecule has 5 atom stereocenters. The number of carbonyl (C=O) groups excluding carboxylic acids is 3. The molecule has 0 bridgehead atoms. The average Bonchev–Trinajstić information content (AvgIpc) is 3.09. The van der Waals surface area contributed by atoms with Crippen LogP contribution in [0.1, 0.15) is 43.7 Å². The molecule has 3 amide bonds. The molecule has 0 radical (unpaired) electrons. The summed E-state index contributed by atoms with van der Waals surface area (Å²) in [5.41, 5.74) is 2.74. The zero-order valence-electron chi connectivity index (χ0n) is 20.1. The van der Waals surface area contributed by atoms with Gasteiger partial charge in [-0.2, -0.15) is 0 Å². The number of fused-ring (bicyclic) bond motifs is 1. The number of allylic oxidation sites excluding steroid dienone is 1. The molecule has 1 aliphatic carbocycles. The third-order valence-corrected chi connectivity index (χ3v) is 7.11. The number of likely N-dealkylation sites (tertiary alicyclic amines) is 1. The molecule has 1 aromatic rings. The van der Waals surface area contributed by atoms with Crippen LogP contribution in [-0.4, -0.2) is 54.0 Å². The summed E-state index contributed by atoms with van der Waals surface area (Å²) in [4.78, 5) is 41.8. The number of rotatable bonds is 9. The van der Waals surface area contributed by atoms with E-state index in [1.165, 1.54) is 0 Å². The van der Waals surface area contributed by atoms with Gasteiger partial charge in [-0.05, 0) is 62.6 Å². The number of hydrogen-bond donors (Lipinski definition) is 3. The number of aliphatic hydroxyl groups excluding tert-OH is 1. The maximum atomic E-state index is 13.7. The fourth-order valence-corrected chi connectivity index (χ4v) is 5.30. The largest absolute Gasteiger partial charge is 0.396 e. The molecule has 33 heavy (non-hydrogen) atoms. The van der Waals surface area contributed by atoms with Gasteiger partial charge < -0.3 is 20.6 Å². The summed E-state index contributed by atoms with van der Waals surface area (Å²) in [6, 6.07) is 5.23. The second-order valence-electron chi connectivity index (χ2n) is 9.27. The predicted molar refractivity (Wildman–Crippen MR) is 128 cm³/mol. The van der Waals surface area contributed by atoms with Gasteiger partial charge in [0.15, 0.2) is 0 Å². The van der Waals surface area contributed by atoms with Crippen LogP contribution in [-0.2, 0) is 14.4 Å². The smallest absolute Gasteiger partial charge is 0.247 e. The Kier molecular flexibility index (Phi) is 8.30. The molecule has 7 heteroatoms. The van der Waals surface area contributed by atoms with Gasteiger partial charge in [0.1, 0.15) is 6.04 Å². The van der Waals surface area contributed by atoms with Crippen molar-refractivity contribution >= 4 is 23.4 Å². The zero-order chi connectivity index (χ0) is 24.1. The highest BCUT2D eigenvalue weighted by molar-refractivity contribution is 6.02. The summed E-state index contributed by atoms with van der Waals surface area (Å²) in [6.07, 6.45) is 6.88. The molecule has 180 valence electrons. The molecule has 2 aliphatic rings. The minimum Gasteiger partial charge on any atom is -0.396 e. The second kappa shape index (κ2) is 11.0. The third-order valence-electron chi connectivity index (χ3n) is 7.11. The Bertz CT molecular complexity index is 913. The molecule has 0 saturated carbocycles. The number of benzene rings is 1. The second-order valence-corrected chi connectivity index (χ2v) is 9.27. The van der Waals surface area contributed by atoms with Crippen molar-refractivity contribution in [2.45, 2.75) is 52.5 Å². The van der Waals surface area contributed by atoms with Crippen molar-refractivity contribution in [3.8, 4) is 0 Å². The molecular weight excluding hydrogens is 418 g/mol. The first-order chi connectivity index (χ1) is 15.8. The molecule has 0 unspecified atom stereocenters. The first-order valence-corrected chi connectivity index (χ1v) is 12.0. The minimum absolute atomic E-state index is 0.0350. The Labute approximate surface area is 196 Å². The number of carbonyl (C=O) groups is 3. The quantitative estimate of drug-likeness (QED) is 0.394. The maximum Gasteiger partial charge on any atom is 0.247 e. The summed E-state index contributed by atoms with van der Waals surface area (Å²) in [5, 5.41) is 14.9. The lowest BCUT2D eigenvalue weighted by Gasteiger charge is -2.33. The van der Waals surface area contributed by atoms with E-state index in [1.54, 1.807) is 11.9 Å². The van der Waals surface area contributed by atoms with Crippen LogP contribution in [0.15, 0.2) is 30.4 Å². The molecule has 3 N–H and O–H groups in total. The summed E-state index contributed by atoms with van der Waals surface area (Å²) in [5.74, 6) is -1.92. The van der Waals surface area contributed by atoms with E-state index >= 15 is 0 Å². The van der Waals surface area contributed by atoms with Crippen LogP contribution in [0.4, 0.5) is 5.69 Å². The maximum absolute atomic E-state index is 13.7. The number of nitrogens with zero attached hydrogens (tertiary/aromatic N) is 1. The van der Waals surface area contributed by atoms with Gasteiger partial charge in [0.2, 0.25) is 17.7 Å². The first kappa shape index (κ1) is 25.0. The number of aryl methyl sites for hydroxylation is 2. The lowest BCUT2D eigenvalue weighted by Crippen LogP contribution is -2.45. The summed E-state index contributed by atoms with van der Waals surface area (Å²) >= 11 is 0. The monoisotopic (exact) mass is 455 g/mol. The highest BCUT2D eigenvalue weighted by atomic mass is 16.3. The van der Waals surface area contributed by atoms with Crippen LogP contribution in [0.2, 0.25) is 0 Å². The summed E-state index contributed by atoms with van der Waals surface area (Å²) in [6.45, 7) is 6.47. The normalized spacial score (nSPS) is 26.3.